The number of hydrogen-bond acceptors (Lipinski definition) is 1. The van der Waals surface area contributed by atoms with Crippen molar-refractivity contribution in [2.75, 3.05) is 0 Å². The van der Waals surface area contributed by atoms with Crippen LogP contribution in [0.3, 0.4) is 0 Å². The van der Waals surface area contributed by atoms with Gasteiger partial charge in [-0.1, -0.05) is 65.7 Å². The van der Waals surface area contributed by atoms with E-state index in [9.17, 15) is 5.11 Å². The summed E-state index contributed by atoms with van der Waals surface area (Å²) in [7, 11) is 0. The van der Waals surface area contributed by atoms with E-state index in [0.717, 1.165) is 6.42 Å². The first-order chi connectivity index (χ1) is 6.68. The van der Waals surface area contributed by atoms with Gasteiger partial charge < -0.3 is 5.11 Å². The summed E-state index contributed by atoms with van der Waals surface area (Å²) in [6.07, 6.45) is 10.2. The normalized spacial score (nSPS) is 13.5. The molecule has 0 heterocycles. The number of aliphatic hydroxyl groups excluding tert-OH is 1. The molecule has 0 aromatic carbocycles. The molecular formula is C13H28O. The Morgan fingerprint density at radius 1 is 0.857 bits per heavy atom. The van der Waals surface area contributed by atoms with E-state index < -0.39 is 0 Å². The van der Waals surface area contributed by atoms with Crippen LogP contribution in [0.1, 0.15) is 72.1 Å². The molecule has 1 heteroatoms. The summed E-state index contributed by atoms with van der Waals surface area (Å²) in [4.78, 5) is 0. The van der Waals surface area contributed by atoms with Crippen molar-refractivity contribution in [1.29, 1.82) is 0 Å². The van der Waals surface area contributed by atoms with Gasteiger partial charge in [0.15, 0.2) is 0 Å². The first-order valence-corrected chi connectivity index (χ1v) is 6.36. The third-order valence-corrected chi connectivity index (χ3v) is 2.87. The Balaban J connectivity index is 3.06. The number of hydrogen-bond donors (Lipinski definition) is 1. The van der Waals surface area contributed by atoms with Gasteiger partial charge in [-0.25, -0.2) is 0 Å². The fraction of sp³-hybridized carbons (Fsp3) is 1.00. The summed E-state index contributed by atoms with van der Waals surface area (Å²) < 4.78 is 0. The van der Waals surface area contributed by atoms with Crippen molar-refractivity contribution in [3.63, 3.8) is 0 Å². The van der Waals surface area contributed by atoms with Crippen LogP contribution < -0.4 is 0 Å². The van der Waals surface area contributed by atoms with Gasteiger partial charge in [-0.2, -0.15) is 0 Å². The predicted molar refractivity (Wildman–Crippen MR) is 63.5 cm³/mol. The summed E-state index contributed by atoms with van der Waals surface area (Å²) in [5.74, 6) is 0.426. The van der Waals surface area contributed by atoms with Gasteiger partial charge in [-0.3, -0.25) is 0 Å². The van der Waals surface area contributed by atoms with Crippen LogP contribution in [0.5, 0.6) is 0 Å². The smallest absolute Gasteiger partial charge is 0.0563 e. The lowest BCUT2D eigenvalue weighted by molar-refractivity contribution is 0.113. The standard InChI is InChI=1S/C13H28O/c1-4-5-6-7-8-9-10-11-13(14)12(2)3/h12-14H,4-11H2,1-3H3/t13-/m1/s1. The fourth-order valence-corrected chi connectivity index (χ4v) is 1.64. The molecule has 14 heavy (non-hydrogen) atoms. The van der Waals surface area contributed by atoms with Crippen LogP contribution >= 0.6 is 0 Å². The number of aliphatic hydroxyl groups is 1. The van der Waals surface area contributed by atoms with Gasteiger partial charge in [0.1, 0.15) is 0 Å². The lowest BCUT2D eigenvalue weighted by atomic mass is 10.00. The van der Waals surface area contributed by atoms with E-state index in [-0.39, 0.29) is 6.10 Å². The molecule has 1 N–H and O–H groups in total. The maximum absolute atomic E-state index is 9.57. The highest BCUT2D eigenvalue weighted by Gasteiger charge is 2.07. The molecule has 86 valence electrons. The Hall–Kier alpha value is -0.0400. The monoisotopic (exact) mass is 200 g/mol. The van der Waals surface area contributed by atoms with Crippen LogP contribution in [0.25, 0.3) is 0 Å². The summed E-state index contributed by atoms with van der Waals surface area (Å²) >= 11 is 0. The summed E-state index contributed by atoms with van der Waals surface area (Å²) in [5.41, 5.74) is 0. The first kappa shape index (κ1) is 14.0. The Morgan fingerprint density at radius 2 is 1.36 bits per heavy atom. The van der Waals surface area contributed by atoms with Gasteiger partial charge in [0, 0.05) is 0 Å². The second-order valence-corrected chi connectivity index (χ2v) is 4.72. The Labute approximate surface area is 89.9 Å². The van der Waals surface area contributed by atoms with Crippen molar-refractivity contribution >= 4 is 0 Å². The SMILES string of the molecule is CCCCCCCCC[C@@H](O)C(C)C. The van der Waals surface area contributed by atoms with Crippen molar-refractivity contribution in [2.45, 2.75) is 78.2 Å². The van der Waals surface area contributed by atoms with Gasteiger partial charge in [0.05, 0.1) is 6.10 Å². The van der Waals surface area contributed by atoms with Crippen molar-refractivity contribution in [3.8, 4) is 0 Å². The molecular weight excluding hydrogens is 172 g/mol. The zero-order valence-electron chi connectivity index (χ0n) is 10.3. The molecule has 0 spiro atoms. The van der Waals surface area contributed by atoms with E-state index in [0.29, 0.717) is 5.92 Å². The van der Waals surface area contributed by atoms with Gasteiger partial charge in [0.25, 0.3) is 0 Å². The molecule has 1 atom stereocenters. The highest BCUT2D eigenvalue weighted by atomic mass is 16.3. The van der Waals surface area contributed by atoms with Crippen LogP contribution in [-0.2, 0) is 0 Å². The molecule has 0 unspecified atom stereocenters. The van der Waals surface area contributed by atoms with Gasteiger partial charge in [-0.15, -0.1) is 0 Å². The van der Waals surface area contributed by atoms with Gasteiger partial charge in [0.2, 0.25) is 0 Å². The summed E-state index contributed by atoms with van der Waals surface area (Å²) in [5, 5.41) is 9.57. The Morgan fingerprint density at radius 3 is 1.86 bits per heavy atom. The lowest BCUT2D eigenvalue weighted by Crippen LogP contribution is -2.13. The highest BCUT2D eigenvalue weighted by Crippen LogP contribution is 2.13. The maximum Gasteiger partial charge on any atom is 0.0563 e. The zero-order chi connectivity index (χ0) is 10.8. The van der Waals surface area contributed by atoms with Crippen molar-refractivity contribution in [3.05, 3.63) is 0 Å². The van der Waals surface area contributed by atoms with E-state index in [1.165, 1.54) is 44.9 Å². The summed E-state index contributed by atoms with van der Waals surface area (Å²) in [6.45, 7) is 6.43. The lowest BCUT2D eigenvalue weighted by Gasteiger charge is -2.13. The minimum absolute atomic E-state index is 0.0781. The van der Waals surface area contributed by atoms with Crippen molar-refractivity contribution in [2.24, 2.45) is 5.92 Å². The molecule has 0 aromatic rings. The molecule has 0 aliphatic carbocycles. The molecule has 0 amide bonds. The topological polar surface area (TPSA) is 20.2 Å². The Bertz CT molecular complexity index is 110. The number of unbranched alkanes of at least 4 members (excludes halogenated alkanes) is 6. The van der Waals surface area contributed by atoms with Crippen LogP contribution in [0.15, 0.2) is 0 Å². The quantitative estimate of drug-likeness (QED) is 0.554. The molecule has 0 aliphatic heterocycles. The van der Waals surface area contributed by atoms with E-state index in [1.807, 2.05) is 0 Å². The van der Waals surface area contributed by atoms with Crippen LogP contribution in [0.4, 0.5) is 0 Å². The largest absolute Gasteiger partial charge is 0.393 e. The van der Waals surface area contributed by atoms with Crippen LogP contribution in [-0.4, -0.2) is 11.2 Å². The summed E-state index contributed by atoms with van der Waals surface area (Å²) in [6, 6.07) is 0. The molecule has 0 bridgehead atoms. The highest BCUT2D eigenvalue weighted by molar-refractivity contribution is 4.59. The third kappa shape index (κ3) is 8.55. The minimum Gasteiger partial charge on any atom is -0.393 e. The minimum atomic E-state index is -0.0781. The van der Waals surface area contributed by atoms with Crippen molar-refractivity contribution < 1.29 is 5.11 Å². The molecule has 0 saturated carbocycles. The van der Waals surface area contributed by atoms with E-state index >= 15 is 0 Å². The second kappa shape index (κ2) is 9.51. The molecule has 0 aromatic heterocycles. The van der Waals surface area contributed by atoms with Gasteiger partial charge in [-0.05, 0) is 12.3 Å². The van der Waals surface area contributed by atoms with Crippen molar-refractivity contribution in [1.82, 2.24) is 0 Å². The zero-order valence-corrected chi connectivity index (χ0v) is 10.3. The number of rotatable bonds is 9. The first-order valence-electron chi connectivity index (χ1n) is 6.36. The average molecular weight is 200 g/mol. The Kier molecular flexibility index (Phi) is 9.49. The van der Waals surface area contributed by atoms with Gasteiger partial charge >= 0.3 is 0 Å². The molecule has 0 fully saturated rings. The average Bonchev–Trinajstić information content (AvgIpc) is 2.16. The molecule has 0 aliphatic rings. The third-order valence-electron chi connectivity index (χ3n) is 2.87. The van der Waals surface area contributed by atoms with Crippen LogP contribution in [0, 0.1) is 5.92 Å². The maximum atomic E-state index is 9.57. The van der Waals surface area contributed by atoms with Crippen LogP contribution in [0.2, 0.25) is 0 Å². The van der Waals surface area contributed by atoms with E-state index in [2.05, 4.69) is 20.8 Å². The molecule has 0 radical (unpaired) electrons. The second-order valence-electron chi connectivity index (χ2n) is 4.72. The van der Waals surface area contributed by atoms with E-state index in [1.54, 1.807) is 0 Å². The molecule has 0 rings (SSSR count). The predicted octanol–water partition coefficient (Wildman–Crippen LogP) is 4.14. The molecule has 1 nitrogen and oxygen atoms in total. The fourth-order valence-electron chi connectivity index (χ4n) is 1.64. The molecule has 0 saturated heterocycles. The van der Waals surface area contributed by atoms with E-state index in [4.69, 9.17) is 0 Å².